The van der Waals surface area contributed by atoms with E-state index in [9.17, 15) is 28.3 Å². The molecule has 1 saturated heterocycles. The van der Waals surface area contributed by atoms with Gasteiger partial charge in [0, 0.05) is 36.7 Å². The molecule has 1 saturated carbocycles. The highest BCUT2D eigenvalue weighted by Crippen LogP contribution is 2.41. The average molecular weight is 554 g/mol. The summed E-state index contributed by atoms with van der Waals surface area (Å²) in [5.41, 5.74) is 6.30. The summed E-state index contributed by atoms with van der Waals surface area (Å²) < 4.78 is 42.0. The summed E-state index contributed by atoms with van der Waals surface area (Å²) in [6, 6.07) is 3.80. The lowest BCUT2D eigenvalue weighted by molar-refractivity contribution is -0.128. The zero-order valence-electron chi connectivity index (χ0n) is 21.6. The molecular formula is C27H25F2N5O6. The number of hydrogen-bond acceptors (Lipinski definition) is 7. The van der Waals surface area contributed by atoms with Gasteiger partial charge in [-0.15, -0.1) is 0 Å². The van der Waals surface area contributed by atoms with Crippen LogP contribution < -0.4 is 16.2 Å². The van der Waals surface area contributed by atoms with Gasteiger partial charge < -0.3 is 24.6 Å². The zero-order chi connectivity index (χ0) is 28.5. The highest BCUT2D eigenvalue weighted by atomic mass is 19.1. The van der Waals surface area contributed by atoms with Gasteiger partial charge >= 0.3 is 12.1 Å². The van der Waals surface area contributed by atoms with Crippen LogP contribution in [0.4, 0.5) is 25.3 Å². The molecule has 2 aliphatic rings. The number of carbonyl (C=O) groups is 2. The summed E-state index contributed by atoms with van der Waals surface area (Å²) in [4.78, 5) is 45.0. The number of nitrogens with two attached hydrogens (primary N) is 1. The van der Waals surface area contributed by atoms with Crippen molar-refractivity contribution in [2.24, 2.45) is 0 Å². The molecule has 11 nitrogen and oxygen atoms in total. The normalized spacial score (nSPS) is 17.5. The van der Waals surface area contributed by atoms with Gasteiger partial charge in [-0.2, -0.15) is 4.98 Å². The van der Waals surface area contributed by atoms with E-state index in [0.29, 0.717) is 22.0 Å². The van der Waals surface area contributed by atoms with Gasteiger partial charge in [-0.3, -0.25) is 19.4 Å². The van der Waals surface area contributed by atoms with E-state index in [1.165, 1.54) is 7.05 Å². The lowest BCUT2D eigenvalue weighted by Gasteiger charge is -2.33. The van der Waals surface area contributed by atoms with Crippen molar-refractivity contribution in [1.82, 2.24) is 14.5 Å². The van der Waals surface area contributed by atoms with Gasteiger partial charge in [0.1, 0.15) is 17.7 Å². The fourth-order valence-corrected chi connectivity index (χ4v) is 5.29. The first-order valence-corrected chi connectivity index (χ1v) is 12.7. The van der Waals surface area contributed by atoms with E-state index in [4.69, 9.17) is 14.9 Å². The lowest BCUT2D eigenvalue weighted by Crippen LogP contribution is -2.56. The van der Waals surface area contributed by atoms with Crippen molar-refractivity contribution >= 4 is 45.7 Å². The minimum Gasteiger partial charge on any atom is -0.465 e. The second kappa shape index (κ2) is 9.30. The molecular weight excluding hydrogens is 528 g/mol. The average Bonchev–Trinajstić information content (AvgIpc) is 3.67. The Kier molecular flexibility index (Phi) is 5.98. The topological polar surface area (TPSA) is 144 Å². The number of fused-ring (bicyclic) bond motifs is 3. The molecule has 4 aromatic rings. The van der Waals surface area contributed by atoms with Crippen LogP contribution in [0.1, 0.15) is 24.4 Å². The SMILES string of the molecule is Cc1c(-c2cc(F)c(N)cc2F)ccc2c3oc(N(C)C(=O)[C@H]4COCCN4C(=O)O)nc3c(=O)n(C3CC3)c12. The van der Waals surface area contributed by atoms with Crippen LogP contribution in [0, 0.1) is 18.6 Å². The number of rotatable bonds is 4. The quantitative estimate of drug-likeness (QED) is 0.365. The summed E-state index contributed by atoms with van der Waals surface area (Å²) in [7, 11) is 1.38. The van der Waals surface area contributed by atoms with Crippen molar-refractivity contribution in [3.63, 3.8) is 0 Å². The van der Waals surface area contributed by atoms with Crippen LogP contribution in [0.5, 0.6) is 0 Å². The van der Waals surface area contributed by atoms with Gasteiger partial charge in [-0.05, 0) is 43.0 Å². The Labute approximate surface area is 225 Å². The molecule has 208 valence electrons. The van der Waals surface area contributed by atoms with Crippen molar-refractivity contribution in [2.45, 2.75) is 31.8 Å². The number of halogens is 2. The van der Waals surface area contributed by atoms with Crippen LogP contribution in [0.3, 0.4) is 0 Å². The molecule has 6 rings (SSSR count). The molecule has 0 bridgehead atoms. The van der Waals surface area contributed by atoms with Crippen molar-refractivity contribution in [2.75, 3.05) is 37.4 Å². The summed E-state index contributed by atoms with van der Waals surface area (Å²) in [5, 5.41) is 10.0. The number of amides is 2. The van der Waals surface area contributed by atoms with Crippen molar-refractivity contribution < 1.29 is 32.6 Å². The van der Waals surface area contributed by atoms with E-state index in [2.05, 4.69) is 4.98 Å². The number of hydrogen-bond donors (Lipinski definition) is 2. The smallest absolute Gasteiger partial charge is 0.408 e. The molecule has 2 amide bonds. The Balaban J connectivity index is 1.51. The highest BCUT2D eigenvalue weighted by molar-refractivity contribution is 6.05. The van der Waals surface area contributed by atoms with Gasteiger partial charge in [0.25, 0.3) is 11.5 Å². The molecule has 0 unspecified atom stereocenters. The van der Waals surface area contributed by atoms with Crippen LogP contribution in [-0.4, -0.2) is 64.4 Å². The van der Waals surface area contributed by atoms with E-state index in [1.807, 2.05) is 0 Å². The monoisotopic (exact) mass is 553 g/mol. The van der Waals surface area contributed by atoms with Crippen LogP contribution >= 0.6 is 0 Å². The first kappa shape index (κ1) is 25.7. The van der Waals surface area contributed by atoms with Crippen LogP contribution in [0.25, 0.3) is 33.1 Å². The lowest BCUT2D eigenvalue weighted by atomic mass is 9.96. The Morgan fingerprint density at radius 2 is 1.93 bits per heavy atom. The first-order chi connectivity index (χ1) is 19.1. The fraction of sp³-hybridized carbons (Fsp3) is 0.333. The van der Waals surface area contributed by atoms with Gasteiger partial charge in [-0.1, -0.05) is 6.07 Å². The van der Waals surface area contributed by atoms with E-state index < -0.39 is 35.2 Å². The highest BCUT2D eigenvalue weighted by Gasteiger charge is 2.37. The van der Waals surface area contributed by atoms with E-state index >= 15 is 0 Å². The molecule has 2 aromatic heterocycles. The number of aryl methyl sites for hydroxylation is 1. The Morgan fingerprint density at radius 3 is 2.62 bits per heavy atom. The molecule has 2 fully saturated rings. The number of carbonyl (C=O) groups excluding carboxylic acids is 1. The number of benzene rings is 2. The van der Waals surface area contributed by atoms with Crippen molar-refractivity contribution in [3.05, 3.63) is 51.8 Å². The molecule has 1 atom stereocenters. The predicted molar refractivity (Wildman–Crippen MR) is 141 cm³/mol. The standard InChI is InChI=1S/C27H25F2N5O6/c1-12-14(16-9-18(29)19(30)10-17(16)28)5-6-15-22(12)34(13-3-4-13)25(36)21-23(15)40-26(31-21)32(2)24(35)20-11-39-8-7-33(20)27(37)38/h5-6,9-10,13,20H,3-4,7-8,11,30H2,1-2H3,(H,37,38)/t20-/m1/s1. The number of morpholine rings is 1. The molecule has 0 radical (unpaired) electrons. The number of ether oxygens (including phenoxy) is 1. The van der Waals surface area contributed by atoms with Gasteiger partial charge in [0.15, 0.2) is 11.1 Å². The number of pyridine rings is 1. The molecule has 3 N–H and O–H groups in total. The molecule has 3 heterocycles. The van der Waals surface area contributed by atoms with Crippen LogP contribution in [-0.2, 0) is 9.53 Å². The Bertz CT molecular complexity index is 1780. The van der Waals surface area contributed by atoms with Crippen LogP contribution in [0.2, 0.25) is 0 Å². The number of carboxylic acid groups (broad SMARTS) is 1. The third-order valence-corrected chi connectivity index (χ3v) is 7.52. The van der Waals surface area contributed by atoms with E-state index in [-0.39, 0.29) is 54.2 Å². The van der Waals surface area contributed by atoms with Crippen LogP contribution in [0.15, 0.2) is 33.5 Å². The minimum atomic E-state index is -1.25. The number of nitrogen functional groups attached to an aromatic ring is 1. The van der Waals surface area contributed by atoms with E-state index in [1.54, 1.807) is 23.6 Å². The van der Waals surface area contributed by atoms with Crippen molar-refractivity contribution in [3.8, 4) is 11.1 Å². The summed E-state index contributed by atoms with van der Waals surface area (Å²) in [6.45, 7) is 1.79. The molecule has 0 spiro atoms. The predicted octanol–water partition coefficient (Wildman–Crippen LogP) is 3.66. The second-order valence-corrected chi connectivity index (χ2v) is 10.0. The largest absolute Gasteiger partial charge is 0.465 e. The maximum absolute atomic E-state index is 14.9. The minimum absolute atomic E-state index is 0.000828. The summed E-state index contributed by atoms with van der Waals surface area (Å²) in [5.74, 6) is -2.09. The molecule has 40 heavy (non-hydrogen) atoms. The fourth-order valence-electron chi connectivity index (χ4n) is 5.29. The van der Waals surface area contributed by atoms with Crippen molar-refractivity contribution in [1.29, 1.82) is 0 Å². The van der Waals surface area contributed by atoms with E-state index in [0.717, 1.165) is 34.8 Å². The number of likely N-dealkylation sites (N-methyl/N-ethyl adjacent to an activating group) is 1. The second-order valence-electron chi connectivity index (χ2n) is 10.0. The maximum Gasteiger partial charge on any atom is 0.408 e. The summed E-state index contributed by atoms with van der Waals surface area (Å²) >= 11 is 0. The first-order valence-electron chi connectivity index (χ1n) is 12.7. The number of oxazole rings is 1. The molecule has 13 heteroatoms. The molecule has 1 aliphatic heterocycles. The Morgan fingerprint density at radius 1 is 1.18 bits per heavy atom. The zero-order valence-corrected chi connectivity index (χ0v) is 21.6. The number of aromatic nitrogens is 2. The molecule has 1 aliphatic carbocycles. The van der Waals surface area contributed by atoms with Gasteiger partial charge in [0.05, 0.1) is 24.4 Å². The summed E-state index contributed by atoms with van der Waals surface area (Å²) in [6.07, 6.45) is 0.255. The number of anilines is 2. The third-order valence-electron chi connectivity index (χ3n) is 7.52. The Hall–Kier alpha value is -4.52. The molecule has 2 aromatic carbocycles. The maximum atomic E-state index is 14.9. The third kappa shape index (κ3) is 3.96. The number of nitrogens with zero attached hydrogens (tertiary/aromatic N) is 4. The van der Waals surface area contributed by atoms with Gasteiger partial charge in [-0.25, -0.2) is 13.6 Å². The van der Waals surface area contributed by atoms with Gasteiger partial charge in [0.2, 0.25) is 0 Å².